The molecule has 3 aromatic heterocycles. The molecule has 1 amide bonds. The molecule has 0 radical (unpaired) electrons. The van der Waals surface area contributed by atoms with Crippen molar-refractivity contribution in [3.63, 3.8) is 0 Å². The van der Waals surface area contributed by atoms with E-state index in [2.05, 4.69) is 31.0 Å². The van der Waals surface area contributed by atoms with Crippen molar-refractivity contribution in [2.75, 3.05) is 19.4 Å². The molecule has 152 valence electrons. The Bertz CT molecular complexity index is 1320. The van der Waals surface area contributed by atoms with Gasteiger partial charge < -0.3 is 15.4 Å². The van der Waals surface area contributed by atoms with Crippen LogP contribution in [0.5, 0.6) is 0 Å². The molecule has 0 spiro atoms. The van der Waals surface area contributed by atoms with Crippen LogP contribution >= 0.6 is 15.9 Å². The Morgan fingerprint density at radius 1 is 1.27 bits per heavy atom. The third-order valence-electron chi connectivity index (χ3n) is 5.59. The lowest BCUT2D eigenvalue weighted by atomic mass is 10.0. The Balaban J connectivity index is 1.56. The fourth-order valence-electron chi connectivity index (χ4n) is 4.02. The number of nitrogens with zero attached hydrogens (tertiary/aromatic N) is 5. The van der Waals surface area contributed by atoms with Gasteiger partial charge in [-0.2, -0.15) is 5.10 Å². The van der Waals surface area contributed by atoms with Crippen LogP contribution in [0.1, 0.15) is 27.7 Å². The van der Waals surface area contributed by atoms with Crippen LogP contribution in [0, 0.1) is 0 Å². The third-order valence-corrected chi connectivity index (χ3v) is 6.03. The van der Waals surface area contributed by atoms with E-state index >= 15 is 0 Å². The molecule has 5 rings (SSSR count). The van der Waals surface area contributed by atoms with Crippen LogP contribution in [-0.2, 0) is 18.4 Å². The van der Waals surface area contributed by atoms with Gasteiger partial charge in [0.1, 0.15) is 10.4 Å². The molecule has 30 heavy (non-hydrogen) atoms. The van der Waals surface area contributed by atoms with Gasteiger partial charge in [-0.3, -0.25) is 9.48 Å². The Hall–Kier alpha value is -3.04. The van der Waals surface area contributed by atoms with Gasteiger partial charge in [0.05, 0.1) is 47.6 Å². The largest absolute Gasteiger partial charge is 0.383 e. The van der Waals surface area contributed by atoms with E-state index < -0.39 is 0 Å². The standard InChI is InChI=1S/C21H19BrN6O2/c1-27(17-10-30-9-16-12(17)4-6-18(22)25-16)21(29)11-3-5-15-13(7-11)19-14(20(23)26-15)8-24-28(19)2/h3-8,17H,9-10H2,1-2H3,(H2,23,26). The number of aryl methyl sites for hydroxylation is 1. The van der Waals surface area contributed by atoms with E-state index in [-0.39, 0.29) is 11.9 Å². The monoisotopic (exact) mass is 466 g/mol. The molecule has 8 nitrogen and oxygen atoms in total. The first-order valence-corrected chi connectivity index (χ1v) is 10.2. The van der Waals surface area contributed by atoms with E-state index in [0.29, 0.717) is 24.6 Å². The molecule has 4 aromatic rings. The summed E-state index contributed by atoms with van der Waals surface area (Å²) in [6, 6.07) is 9.13. The number of likely N-dealkylation sites (N-methyl/N-ethyl adjacent to an activating group) is 1. The van der Waals surface area contributed by atoms with Crippen molar-refractivity contribution in [1.82, 2.24) is 24.6 Å². The predicted octanol–water partition coefficient (Wildman–Crippen LogP) is 3.20. The quantitative estimate of drug-likeness (QED) is 0.455. The molecule has 1 aliphatic rings. The minimum atomic E-state index is -0.209. The average molecular weight is 467 g/mol. The second-order valence-corrected chi connectivity index (χ2v) is 8.19. The number of nitrogens with two attached hydrogens (primary N) is 1. The summed E-state index contributed by atoms with van der Waals surface area (Å²) in [5, 5.41) is 5.91. The number of hydrogen-bond donors (Lipinski definition) is 1. The van der Waals surface area contributed by atoms with Crippen LogP contribution in [0.3, 0.4) is 0 Å². The highest BCUT2D eigenvalue weighted by Crippen LogP contribution is 2.32. The highest BCUT2D eigenvalue weighted by Gasteiger charge is 2.29. The predicted molar refractivity (Wildman–Crippen MR) is 117 cm³/mol. The van der Waals surface area contributed by atoms with Gasteiger partial charge in [-0.25, -0.2) is 9.97 Å². The summed E-state index contributed by atoms with van der Waals surface area (Å²) in [6.07, 6.45) is 1.69. The molecule has 0 saturated carbocycles. The van der Waals surface area contributed by atoms with E-state index in [1.54, 1.807) is 28.9 Å². The minimum absolute atomic E-state index is 0.103. The van der Waals surface area contributed by atoms with Gasteiger partial charge >= 0.3 is 0 Å². The highest BCUT2D eigenvalue weighted by molar-refractivity contribution is 9.10. The average Bonchev–Trinajstić information content (AvgIpc) is 3.14. The zero-order valence-corrected chi connectivity index (χ0v) is 18.0. The molecular weight excluding hydrogens is 448 g/mol. The highest BCUT2D eigenvalue weighted by atomic mass is 79.9. The summed E-state index contributed by atoms with van der Waals surface area (Å²) in [6.45, 7) is 0.866. The van der Waals surface area contributed by atoms with Gasteiger partial charge in [0.25, 0.3) is 5.91 Å². The first kappa shape index (κ1) is 19.0. The fraction of sp³-hybridized carbons (Fsp3) is 0.238. The number of fused-ring (bicyclic) bond motifs is 4. The molecule has 0 saturated heterocycles. The maximum atomic E-state index is 13.4. The smallest absolute Gasteiger partial charge is 0.254 e. The van der Waals surface area contributed by atoms with Crippen molar-refractivity contribution in [3.8, 4) is 0 Å². The maximum absolute atomic E-state index is 13.4. The SMILES string of the molecule is CN(C(=O)c1ccc2nc(N)c3cnn(C)c3c2c1)C1COCc2nc(Br)ccc21. The van der Waals surface area contributed by atoms with Gasteiger partial charge in [-0.15, -0.1) is 0 Å². The molecular formula is C21H19BrN6O2. The Kier molecular flexibility index (Phi) is 4.44. The maximum Gasteiger partial charge on any atom is 0.254 e. The molecule has 4 heterocycles. The van der Waals surface area contributed by atoms with Crippen molar-refractivity contribution >= 4 is 49.5 Å². The lowest BCUT2D eigenvalue weighted by Crippen LogP contribution is -2.36. The zero-order chi connectivity index (χ0) is 21.0. The summed E-state index contributed by atoms with van der Waals surface area (Å²) < 4.78 is 8.21. The summed E-state index contributed by atoms with van der Waals surface area (Å²) in [4.78, 5) is 24.0. The van der Waals surface area contributed by atoms with Gasteiger partial charge in [-0.1, -0.05) is 6.07 Å². The number of pyridine rings is 2. The zero-order valence-electron chi connectivity index (χ0n) is 16.5. The number of carbonyl (C=O) groups excluding carboxylic acids is 1. The molecule has 1 aromatic carbocycles. The molecule has 1 atom stereocenters. The normalized spacial score (nSPS) is 16.0. The fourth-order valence-corrected chi connectivity index (χ4v) is 4.36. The van der Waals surface area contributed by atoms with Gasteiger partial charge in [0.2, 0.25) is 0 Å². The summed E-state index contributed by atoms with van der Waals surface area (Å²) in [7, 11) is 3.64. The van der Waals surface area contributed by atoms with Gasteiger partial charge in [0, 0.05) is 30.6 Å². The van der Waals surface area contributed by atoms with Crippen LogP contribution in [0.2, 0.25) is 0 Å². The first-order chi connectivity index (χ1) is 14.4. The number of nitrogen functional groups attached to an aromatic ring is 1. The number of halogens is 1. The topological polar surface area (TPSA) is 99.2 Å². The second-order valence-electron chi connectivity index (χ2n) is 7.38. The van der Waals surface area contributed by atoms with Crippen molar-refractivity contribution < 1.29 is 9.53 Å². The van der Waals surface area contributed by atoms with Crippen LogP contribution in [0.25, 0.3) is 21.8 Å². The third kappa shape index (κ3) is 2.93. The van der Waals surface area contributed by atoms with Crippen molar-refractivity contribution in [3.05, 3.63) is 58.0 Å². The molecule has 9 heteroatoms. The lowest BCUT2D eigenvalue weighted by Gasteiger charge is -2.32. The molecule has 0 bridgehead atoms. The molecule has 2 N–H and O–H groups in total. The van der Waals surface area contributed by atoms with Crippen molar-refractivity contribution in [2.45, 2.75) is 12.6 Å². The number of aromatic nitrogens is 4. The summed E-state index contributed by atoms with van der Waals surface area (Å²) >= 11 is 3.39. The Morgan fingerprint density at radius 2 is 2.10 bits per heavy atom. The summed E-state index contributed by atoms with van der Waals surface area (Å²) in [5.74, 6) is 0.324. The van der Waals surface area contributed by atoms with Crippen LogP contribution < -0.4 is 5.73 Å². The molecule has 1 aliphatic heterocycles. The van der Waals surface area contributed by atoms with Crippen LogP contribution in [0.15, 0.2) is 41.1 Å². The Labute approximate surface area is 180 Å². The summed E-state index contributed by atoms with van der Waals surface area (Å²) in [5.41, 5.74) is 10.1. The molecule has 0 fully saturated rings. The van der Waals surface area contributed by atoms with E-state index in [9.17, 15) is 4.79 Å². The van der Waals surface area contributed by atoms with Crippen molar-refractivity contribution in [2.24, 2.45) is 7.05 Å². The van der Waals surface area contributed by atoms with Crippen LogP contribution in [-0.4, -0.2) is 44.2 Å². The number of anilines is 1. The van der Waals surface area contributed by atoms with Gasteiger partial charge in [0.15, 0.2) is 0 Å². The Morgan fingerprint density at radius 3 is 2.93 bits per heavy atom. The second kappa shape index (κ2) is 7.03. The number of benzene rings is 1. The molecule has 0 aliphatic carbocycles. The van der Waals surface area contributed by atoms with E-state index in [1.165, 1.54) is 0 Å². The van der Waals surface area contributed by atoms with Crippen LogP contribution in [0.4, 0.5) is 5.82 Å². The number of hydrogen-bond acceptors (Lipinski definition) is 6. The van der Waals surface area contributed by atoms with E-state index in [4.69, 9.17) is 10.5 Å². The number of amides is 1. The number of carbonyl (C=O) groups is 1. The lowest BCUT2D eigenvalue weighted by molar-refractivity contribution is 0.0329. The van der Waals surface area contributed by atoms with E-state index in [1.807, 2.05) is 31.3 Å². The van der Waals surface area contributed by atoms with Crippen molar-refractivity contribution in [1.29, 1.82) is 0 Å². The first-order valence-electron chi connectivity index (χ1n) is 9.45. The van der Waals surface area contributed by atoms with E-state index in [0.717, 1.165) is 37.7 Å². The molecule has 1 unspecified atom stereocenters. The van der Waals surface area contributed by atoms with Gasteiger partial charge in [-0.05, 0) is 40.2 Å². The number of ether oxygens (including phenoxy) is 1. The number of rotatable bonds is 2. The minimum Gasteiger partial charge on any atom is -0.383 e.